The second kappa shape index (κ2) is 4.49. The van der Waals surface area contributed by atoms with E-state index in [0.29, 0.717) is 11.4 Å². The SMILES string of the molecule is NC1CC(=O)NC2NC(c3ccc(Cl)cc3)NN12. The number of halogens is 1. The quantitative estimate of drug-likeness (QED) is 0.568. The minimum atomic E-state index is -0.325. The summed E-state index contributed by atoms with van der Waals surface area (Å²) in [7, 11) is 0. The third kappa shape index (κ3) is 2.09. The Morgan fingerprint density at radius 3 is 2.78 bits per heavy atom. The maximum absolute atomic E-state index is 11.4. The molecule has 2 saturated heterocycles. The van der Waals surface area contributed by atoms with E-state index in [9.17, 15) is 4.79 Å². The second-order valence-electron chi connectivity index (χ2n) is 4.43. The smallest absolute Gasteiger partial charge is 0.225 e. The van der Waals surface area contributed by atoms with Crippen molar-refractivity contribution >= 4 is 17.5 Å². The van der Waals surface area contributed by atoms with E-state index in [0.717, 1.165) is 5.56 Å². The second-order valence-corrected chi connectivity index (χ2v) is 4.87. The van der Waals surface area contributed by atoms with Crippen LogP contribution in [0.4, 0.5) is 0 Å². The molecule has 96 valence electrons. The number of nitrogens with one attached hydrogen (secondary N) is 3. The van der Waals surface area contributed by atoms with Crippen LogP contribution in [0.3, 0.4) is 0 Å². The van der Waals surface area contributed by atoms with E-state index < -0.39 is 0 Å². The molecular formula is C11H14ClN5O. The number of rotatable bonds is 1. The minimum Gasteiger partial charge on any atom is -0.327 e. The molecule has 3 unspecified atom stereocenters. The Morgan fingerprint density at radius 2 is 2.06 bits per heavy atom. The molecule has 5 N–H and O–H groups in total. The topological polar surface area (TPSA) is 82.4 Å². The molecule has 18 heavy (non-hydrogen) atoms. The maximum Gasteiger partial charge on any atom is 0.225 e. The first-order valence-corrected chi connectivity index (χ1v) is 6.12. The van der Waals surface area contributed by atoms with Crippen LogP contribution in [-0.4, -0.2) is 23.4 Å². The lowest BCUT2D eigenvalue weighted by molar-refractivity contribution is -0.129. The molecule has 2 aliphatic heterocycles. The molecule has 0 saturated carbocycles. The van der Waals surface area contributed by atoms with Crippen molar-refractivity contribution in [3.05, 3.63) is 34.9 Å². The van der Waals surface area contributed by atoms with Gasteiger partial charge in [-0.25, -0.2) is 5.43 Å². The van der Waals surface area contributed by atoms with Crippen LogP contribution in [0, 0.1) is 0 Å². The molecule has 0 bridgehead atoms. The van der Waals surface area contributed by atoms with Gasteiger partial charge in [0.1, 0.15) is 0 Å². The summed E-state index contributed by atoms with van der Waals surface area (Å²) < 4.78 is 0. The van der Waals surface area contributed by atoms with E-state index in [1.807, 2.05) is 29.3 Å². The third-order valence-corrected chi connectivity index (χ3v) is 3.39. The summed E-state index contributed by atoms with van der Waals surface area (Å²) in [6, 6.07) is 7.52. The highest BCUT2D eigenvalue weighted by molar-refractivity contribution is 6.30. The summed E-state index contributed by atoms with van der Waals surface area (Å²) in [6.07, 6.45) is -0.398. The van der Waals surface area contributed by atoms with Gasteiger partial charge in [0.25, 0.3) is 0 Å². The molecule has 2 aliphatic rings. The van der Waals surface area contributed by atoms with Crippen molar-refractivity contribution in [1.29, 1.82) is 0 Å². The summed E-state index contributed by atoms with van der Waals surface area (Å²) in [5.41, 5.74) is 10.2. The van der Waals surface area contributed by atoms with Crippen molar-refractivity contribution in [1.82, 2.24) is 21.1 Å². The molecule has 1 amide bonds. The highest BCUT2D eigenvalue weighted by Crippen LogP contribution is 2.21. The van der Waals surface area contributed by atoms with Crippen LogP contribution >= 0.6 is 11.6 Å². The van der Waals surface area contributed by atoms with Gasteiger partial charge in [0.2, 0.25) is 5.91 Å². The molecule has 0 aliphatic carbocycles. The normalized spacial score (nSPS) is 32.1. The Morgan fingerprint density at radius 1 is 1.33 bits per heavy atom. The van der Waals surface area contributed by atoms with Gasteiger partial charge in [-0.05, 0) is 17.7 Å². The van der Waals surface area contributed by atoms with Crippen LogP contribution in [0.1, 0.15) is 18.2 Å². The lowest BCUT2D eigenvalue weighted by Crippen LogP contribution is -2.63. The summed E-state index contributed by atoms with van der Waals surface area (Å²) in [5, 5.41) is 8.59. The average Bonchev–Trinajstić information content (AvgIpc) is 2.74. The summed E-state index contributed by atoms with van der Waals surface area (Å²) in [5.74, 6) is -0.0465. The van der Waals surface area contributed by atoms with Crippen molar-refractivity contribution in [3.63, 3.8) is 0 Å². The Labute approximate surface area is 109 Å². The van der Waals surface area contributed by atoms with Crippen LogP contribution in [0.15, 0.2) is 24.3 Å². The third-order valence-electron chi connectivity index (χ3n) is 3.13. The predicted molar refractivity (Wildman–Crippen MR) is 66.8 cm³/mol. The number of fused-ring (bicyclic) bond motifs is 1. The number of amides is 1. The van der Waals surface area contributed by atoms with E-state index in [4.69, 9.17) is 17.3 Å². The first-order valence-electron chi connectivity index (χ1n) is 5.74. The molecule has 3 rings (SSSR count). The molecule has 6 nitrogen and oxygen atoms in total. The summed E-state index contributed by atoms with van der Waals surface area (Å²) in [4.78, 5) is 11.4. The molecule has 0 radical (unpaired) electrons. The van der Waals surface area contributed by atoms with Crippen molar-refractivity contribution in [2.24, 2.45) is 5.73 Å². The fourth-order valence-corrected chi connectivity index (χ4v) is 2.35. The Kier molecular flexibility index (Phi) is 2.96. The number of nitrogens with two attached hydrogens (primary N) is 1. The van der Waals surface area contributed by atoms with Crippen LogP contribution in [-0.2, 0) is 4.79 Å². The lowest BCUT2D eigenvalue weighted by Gasteiger charge is -2.33. The Hall–Kier alpha value is -1.18. The van der Waals surface area contributed by atoms with Gasteiger partial charge in [0, 0.05) is 5.02 Å². The van der Waals surface area contributed by atoms with E-state index in [2.05, 4.69) is 16.1 Å². The van der Waals surface area contributed by atoms with Crippen molar-refractivity contribution in [2.45, 2.75) is 25.0 Å². The van der Waals surface area contributed by atoms with E-state index in [1.54, 1.807) is 0 Å². The standard InChI is InChI=1S/C11H14ClN5O/c12-7-3-1-6(2-4-7)10-15-11-14-9(18)5-8(13)17(11)16-10/h1-4,8,10-11,15-16H,5,13H2,(H,14,18). The first-order chi connectivity index (χ1) is 8.63. The highest BCUT2D eigenvalue weighted by Gasteiger charge is 2.39. The van der Waals surface area contributed by atoms with Gasteiger partial charge >= 0.3 is 0 Å². The average molecular weight is 268 g/mol. The van der Waals surface area contributed by atoms with Crippen LogP contribution in [0.2, 0.25) is 5.02 Å². The molecule has 3 atom stereocenters. The maximum atomic E-state index is 11.4. The number of hydrogen-bond acceptors (Lipinski definition) is 5. The molecule has 1 aromatic carbocycles. The molecule has 1 aromatic rings. The summed E-state index contributed by atoms with van der Waals surface area (Å²) >= 11 is 5.85. The molecule has 0 aromatic heterocycles. The van der Waals surface area contributed by atoms with Gasteiger partial charge in [-0.15, -0.1) is 0 Å². The van der Waals surface area contributed by atoms with Crippen molar-refractivity contribution in [2.75, 3.05) is 0 Å². The van der Waals surface area contributed by atoms with Crippen LogP contribution < -0.4 is 21.8 Å². The molecule has 2 heterocycles. The van der Waals surface area contributed by atoms with Gasteiger partial charge in [0.15, 0.2) is 6.29 Å². The van der Waals surface area contributed by atoms with E-state index in [-0.39, 0.29) is 24.5 Å². The number of hydrazine groups is 1. The number of benzene rings is 1. The van der Waals surface area contributed by atoms with Crippen LogP contribution in [0.25, 0.3) is 0 Å². The zero-order chi connectivity index (χ0) is 12.7. The van der Waals surface area contributed by atoms with Gasteiger partial charge in [-0.1, -0.05) is 23.7 Å². The molecule has 7 heteroatoms. The Bertz CT molecular complexity index is 465. The van der Waals surface area contributed by atoms with Gasteiger partial charge in [-0.2, -0.15) is 5.01 Å². The molecular weight excluding hydrogens is 254 g/mol. The van der Waals surface area contributed by atoms with Gasteiger partial charge in [0.05, 0.1) is 18.8 Å². The molecule has 2 fully saturated rings. The predicted octanol–water partition coefficient (Wildman–Crippen LogP) is -0.163. The fraction of sp³-hybridized carbons (Fsp3) is 0.364. The van der Waals surface area contributed by atoms with Crippen molar-refractivity contribution < 1.29 is 4.79 Å². The van der Waals surface area contributed by atoms with Crippen molar-refractivity contribution in [3.8, 4) is 0 Å². The van der Waals surface area contributed by atoms with Gasteiger partial charge < -0.3 is 11.1 Å². The van der Waals surface area contributed by atoms with Crippen LogP contribution in [0.5, 0.6) is 0 Å². The first kappa shape index (κ1) is 11.9. The van der Waals surface area contributed by atoms with E-state index >= 15 is 0 Å². The zero-order valence-corrected chi connectivity index (χ0v) is 10.3. The number of nitrogens with zero attached hydrogens (tertiary/aromatic N) is 1. The lowest BCUT2D eigenvalue weighted by atomic mass is 10.2. The van der Waals surface area contributed by atoms with E-state index in [1.165, 1.54) is 0 Å². The summed E-state index contributed by atoms with van der Waals surface area (Å²) in [6.45, 7) is 0. The fourth-order valence-electron chi connectivity index (χ4n) is 2.22. The largest absolute Gasteiger partial charge is 0.327 e. The minimum absolute atomic E-state index is 0.0465. The zero-order valence-electron chi connectivity index (χ0n) is 9.56. The van der Waals surface area contributed by atoms with Gasteiger partial charge in [-0.3, -0.25) is 10.1 Å². The molecule has 0 spiro atoms. The monoisotopic (exact) mass is 267 g/mol. The Balaban J connectivity index is 1.78. The number of hydrogen-bond donors (Lipinski definition) is 4. The number of carbonyl (C=O) groups excluding carboxylic acids is 1. The number of carbonyl (C=O) groups is 1. The highest BCUT2D eigenvalue weighted by atomic mass is 35.5.